The highest BCUT2D eigenvalue weighted by Crippen LogP contribution is 2.09. The summed E-state index contributed by atoms with van der Waals surface area (Å²) in [6.07, 6.45) is 2.18. The zero-order chi connectivity index (χ0) is 15.9. The second-order valence-electron chi connectivity index (χ2n) is 4.82. The van der Waals surface area contributed by atoms with E-state index in [0.717, 1.165) is 5.56 Å². The third-order valence-electron chi connectivity index (χ3n) is 3.15. The van der Waals surface area contributed by atoms with Crippen LogP contribution in [0.5, 0.6) is 5.75 Å². The van der Waals surface area contributed by atoms with Crippen molar-refractivity contribution in [3.63, 3.8) is 0 Å². The number of aryl methyl sites for hydroxylation is 1. The van der Waals surface area contributed by atoms with Crippen LogP contribution in [0.15, 0.2) is 46.1 Å². The van der Waals surface area contributed by atoms with Gasteiger partial charge in [0.25, 0.3) is 5.56 Å². The van der Waals surface area contributed by atoms with E-state index in [-0.39, 0.29) is 24.6 Å². The van der Waals surface area contributed by atoms with Gasteiger partial charge in [-0.25, -0.2) is 4.79 Å². The summed E-state index contributed by atoms with van der Waals surface area (Å²) in [7, 11) is 0. The maximum absolute atomic E-state index is 11.7. The number of hydrogen-bond donors (Lipinski definition) is 3. The van der Waals surface area contributed by atoms with Crippen LogP contribution in [0, 0.1) is 0 Å². The van der Waals surface area contributed by atoms with Crippen LogP contribution in [0.3, 0.4) is 0 Å². The molecule has 0 fully saturated rings. The smallest absolute Gasteiger partial charge is 0.328 e. The standard InChI is InChI=1S/C15H17N3O4/c19-12-3-1-11(2-4-12)5-8-16-13(20)6-9-18-10-7-14(21)17-15(18)22/h1-4,7,10,19H,5-6,8-9H2,(H,16,20)(H,17,21,22). The highest BCUT2D eigenvalue weighted by molar-refractivity contribution is 5.75. The maximum atomic E-state index is 11.7. The second kappa shape index (κ2) is 7.26. The molecule has 2 aromatic rings. The Labute approximate surface area is 126 Å². The van der Waals surface area contributed by atoms with Gasteiger partial charge in [-0.05, 0) is 24.1 Å². The molecule has 1 amide bonds. The molecule has 0 spiro atoms. The minimum absolute atomic E-state index is 0.154. The molecule has 0 unspecified atom stereocenters. The van der Waals surface area contributed by atoms with Gasteiger partial charge in [0.05, 0.1) is 0 Å². The number of rotatable bonds is 6. The molecule has 1 aromatic carbocycles. The fraction of sp³-hybridized carbons (Fsp3) is 0.267. The number of aromatic amines is 1. The van der Waals surface area contributed by atoms with Crippen LogP contribution in [0.2, 0.25) is 0 Å². The first kappa shape index (κ1) is 15.6. The van der Waals surface area contributed by atoms with Gasteiger partial charge in [-0.15, -0.1) is 0 Å². The summed E-state index contributed by atoms with van der Waals surface area (Å²) in [6, 6.07) is 8.02. The van der Waals surface area contributed by atoms with Crippen LogP contribution in [0.1, 0.15) is 12.0 Å². The van der Waals surface area contributed by atoms with Gasteiger partial charge in [0.15, 0.2) is 0 Å². The van der Waals surface area contributed by atoms with Crippen LogP contribution in [-0.4, -0.2) is 27.1 Å². The van der Waals surface area contributed by atoms with Crippen molar-refractivity contribution in [3.05, 3.63) is 62.9 Å². The number of phenolic OH excluding ortho intramolecular Hbond substituents is 1. The van der Waals surface area contributed by atoms with Crippen molar-refractivity contribution in [1.29, 1.82) is 0 Å². The first-order valence-corrected chi connectivity index (χ1v) is 6.89. The molecule has 0 aliphatic rings. The highest BCUT2D eigenvalue weighted by Gasteiger charge is 2.03. The van der Waals surface area contributed by atoms with Crippen LogP contribution < -0.4 is 16.6 Å². The molecule has 0 saturated carbocycles. The predicted molar refractivity (Wildman–Crippen MR) is 80.8 cm³/mol. The number of phenols is 1. The van der Waals surface area contributed by atoms with Crippen molar-refractivity contribution in [2.75, 3.05) is 6.54 Å². The van der Waals surface area contributed by atoms with E-state index >= 15 is 0 Å². The molecule has 116 valence electrons. The Morgan fingerprint density at radius 3 is 2.59 bits per heavy atom. The zero-order valence-corrected chi connectivity index (χ0v) is 11.9. The van der Waals surface area contributed by atoms with Gasteiger partial charge in [0.2, 0.25) is 5.91 Å². The summed E-state index contributed by atoms with van der Waals surface area (Å²) in [5.41, 5.74) is 0.0268. The molecule has 7 heteroatoms. The Kier molecular flexibility index (Phi) is 5.13. The van der Waals surface area contributed by atoms with Gasteiger partial charge in [-0.3, -0.25) is 14.6 Å². The lowest BCUT2D eigenvalue weighted by Crippen LogP contribution is -2.31. The van der Waals surface area contributed by atoms with Gasteiger partial charge in [0.1, 0.15) is 5.75 Å². The fourth-order valence-corrected chi connectivity index (χ4v) is 1.94. The van der Waals surface area contributed by atoms with Crippen molar-refractivity contribution >= 4 is 5.91 Å². The lowest BCUT2D eigenvalue weighted by Gasteiger charge is -2.07. The molecule has 1 heterocycles. The predicted octanol–water partition coefficient (Wildman–Crippen LogP) is -0.00880. The number of amides is 1. The van der Waals surface area contributed by atoms with Crippen molar-refractivity contribution in [3.8, 4) is 5.75 Å². The molecule has 0 atom stereocenters. The number of hydrogen-bond acceptors (Lipinski definition) is 4. The second-order valence-corrected chi connectivity index (χ2v) is 4.82. The lowest BCUT2D eigenvalue weighted by molar-refractivity contribution is -0.121. The zero-order valence-electron chi connectivity index (χ0n) is 11.9. The topological polar surface area (TPSA) is 104 Å². The first-order chi connectivity index (χ1) is 10.5. The molecule has 0 aliphatic carbocycles. The van der Waals surface area contributed by atoms with Crippen molar-refractivity contribution in [2.24, 2.45) is 0 Å². The summed E-state index contributed by atoms with van der Waals surface area (Å²) >= 11 is 0. The average Bonchev–Trinajstić information content (AvgIpc) is 2.48. The number of aromatic hydroxyl groups is 1. The van der Waals surface area contributed by atoms with Gasteiger partial charge >= 0.3 is 5.69 Å². The number of nitrogens with one attached hydrogen (secondary N) is 2. The molecule has 0 saturated heterocycles. The van der Waals surface area contributed by atoms with Crippen LogP contribution >= 0.6 is 0 Å². The van der Waals surface area contributed by atoms with E-state index < -0.39 is 11.2 Å². The summed E-state index contributed by atoms with van der Waals surface area (Å²) in [5, 5.41) is 11.9. The number of nitrogens with zero attached hydrogens (tertiary/aromatic N) is 1. The Morgan fingerprint density at radius 2 is 1.91 bits per heavy atom. The first-order valence-electron chi connectivity index (χ1n) is 6.89. The van der Waals surface area contributed by atoms with Crippen LogP contribution in [-0.2, 0) is 17.8 Å². The number of benzene rings is 1. The van der Waals surface area contributed by atoms with Crippen molar-refractivity contribution in [1.82, 2.24) is 14.9 Å². The molecule has 2 rings (SSSR count). The van der Waals surface area contributed by atoms with Crippen LogP contribution in [0.25, 0.3) is 0 Å². The number of H-pyrrole nitrogens is 1. The largest absolute Gasteiger partial charge is 0.508 e. The molecule has 7 nitrogen and oxygen atoms in total. The summed E-state index contributed by atoms with van der Waals surface area (Å²) in [4.78, 5) is 36.2. The van der Waals surface area contributed by atoms with Gasteiger partial charge in [0, 0.05) is 31.8 Å². The Balaban J connectivity index is 1.75. The van der Waals surface area contributed by atoms with E-state index in [0.29, 0.717) is 13.0 Å². The van der Waals surface area contributed by atoms with Crippen molar-refractivity contribution < 1.29 is 9.90 Å². The third-order valence-corrected chi connectivity index (χ3v) is 3.15. The lowest BCUT2D eigenvalue weighted by atomic mass is 10.1. The minimum atomic E-state index is -0.524. The normalized spacial score (nSPS) is 10.4. The summed E-state index contributed by atoms with van der Waals surface area (Å²) in [5.74, 6) is 0.0380. The summed E-state index contributed by atoms with van der Waals surface area (Å²) < 4.78 is 1.28. The quantitative estimate of drug-likeness (QED) is 0.698. The van der Waals surface area contributed by atoms with E-state index in [2.05, 4.69) is 10.3 Å². The molecule has 0 bridgehead atoms. The Hall–Kier alpha value is -2.83. The molecule has 0 aliphatic heterocycles. The minimum Gasteiger partial charge on any atom is -0.508 e. The van der Waals surface area contributed by atoms with Gasteiger partial charge < -0.3 is 15.0 Å². The average molecular weight is 303 g/mol. The maximum Gasteiger partial charge on any atom is 0.328 e. The molecule has 22 heavy (non-hydrogen) atoms. The van der Waals surface area contributed by atoms with E-state index in [4.69, 9.17) is 5.11 Å². The van der Waals surface area contributed by atoms with Crippen LogP contribution in [0.4, 0.5) is 0 Å². The SMILES string of the molecule is O=C(CCn1ccc(=O)[nH]c1=O)NCCc1ccc(O)cc1. The molecular weight excluding hydrogens is 286 g/mol. The highest BCUT2D eigenvalue weighted by atomic mass is 16.3. The molecule has 1 aromatic heterocycles. The molecular formula is C15H17N3O4. The van der Waals surface area contributed by atoms with E-state index in [1.807, 2.05) is 0 Å². The fourth-order valence-electron chi connectivity index (χ4n) is 1.94. The van der Waals surface area contributed by atoms with E-state index in [1.54, 1.807) is 24.3 Å². The van der Waals surface area contributed by atoms with Gasteiger partial charge in [-0.2, -0.15) is 0 Å². The number of aromatic nitrogens is 2. The van der Waals surface area contributed by atoms with E-state index in [1.165, 1.54) is 16.8 Å². The summed E-state index contributed by atoms with van der Waals surface area (Å²) in [6.45, 7) is 0.685. The van der Waals surface area contributed by atoms with Gasteiger partial charge in [-0.1, -0.05) is 12.1 Å². The Bertz CT molecular complexity index is 746. The Morgan fingerprint density at radius 1 is 1.18 bits per heavy atom. The van der Waals surface area contributed by atoms with Crippen molar-refractivity contribution in [2.45, 2.75) is 19.4 Å². The number of carbonyl (C=O) groups is 1. The third kappa shape index (κ3) is 4.62. The monoisotopic (exact) mass is 303 g/mol. The molecule has 0 radical (unpaired) electrons. The van der Waals surface area contributed by atoms with E-state index in [9.17, 15) is 14.4 Å². The number of carbonyl (C=O) groups excluding carboxylic acids is 1. The molecule has 3 N–H and O–H groups in total.